The number of nitrogens with one attached hydrogen (secondary N) is 1. The van der Waals surface area contributed by atoms with E-state index in [2.05, 4.69) is 76.0 Å². The molecule has 1 heterocycles. The molecule has 2 aliphatic rings. The number of hydrogen-bond donors (Lipinski definition) is 1. The van der Waals surface area contributed by atoms with Crippen molar-refractivity contribution in [3.63, 3.8) is 0 Å². The number of fused-ring (bicyclic) bond motifs is 1. The first-order valence-electron chi connectivity index (χ1n) is 10.5. The minimum absolute atomic E-state index is 0.0240. The van der Waals surface area contributed by atoms with Crippen molar-refractivity contribution in [1.29, 1.82) is 0 Å². The molecule has 0 aliphatic heterocycles. The zero-order valence-corrected chi connectivity index (χ0v) is 16.7. The highest BCUT2D eigenvalue weighted by molar-refractivity contribution is 6.04. The van der Waals surface area contributed by atoms with Gasteiger partial charge in [-0.15, -0.1) is 0 Å². The highest BCUT2D eigenvalue weighted by Gasteiger charge is 2.38. The Morgan fingerprint density at radius 3 is 2.33 bits per heavy atom. The largest absolute Gasteiger partial charge is 0.393 e. The lowest BCUT2D eigenvalue weighted by molar-refractivity contribution is 0.127. The van der Waals surface area contributed by atoms with Crippen molar-refractivity contribution in [2.75, 3.05) is 13.3 Å². The van der Waals surface area contributed by atoms with Gasteiger partial charge >= 0.3 is 0 Å². The number of halogens is 1. The first-order chi connectivity index (χ1) is 14.8. The van der Waals surface area contributed by atoms with E-state index in [4.69, 9.17) is 4.84 Å². The van der Waals surface area contributed by atoms with Crippen molar-refractivity contribution < 1.29 is 9.23 Å². The summed E-state index contributed by atoms with van der Waals surface area (Å²) in [5.74, 6) is 0.348. The van der Waals surface area contributed by atoms with Gasteiger partial charge in [-0.3, -0.25) is 5.10 Å². The fraction of sp³-hybridized carbons (Fsp3) is 0.280. The number of H-pyrrole nitrogens is 1. The molecule has 2 aliphatic carbocycles. The molecule has 4 nitrogen and oxygen atoms in total. The van der Waals surface area contributed by atoms with E-state index in [1.807, 2.05) is 12.1 Å². The molecule has 3 aromatic rings. The number of benzene rings is 2. The van der Waals surface area contributed by atoms with Gasteiger partial charge in [0.2, 0.25) is 0 Å². The van der Waals surface area contributed by atoms with Gasteiger partial charge in [-0.25, -0.2) is 4.39 Å². The molecule has 0 bridgehead atoms. The lowest BCUT2D eigenvalue weighted by Gasteiger charge is -2.34. The third-order valence-electron chi connectivity index (χ3n) is 5.99. The van der Waals surface area contributed by atoms with Crippen LogP contribution in [0.15, 0.2) is 71.9 Å². The summed E-state index contributed by atoms with van der Waals surface area (Å²) in [4.78, 5) is 5.18. The summed E-state index contributed by atoms with van der Waals surface area (Å²) in [5.41, 5.74) is 6.04. The van der Waals surface area contributed by atoms with Crippen LogP contribution in [-0.4, -0.2) is 29.2 Å². The Hall–Kier alpha value is -3.21. The van der Waals surface area contributed by atoms with Crippen molar-refractivity contribution in [2.45, 2.75) is 24.7 Å². The van der Waals surface area contributed by atoms with E-state index in [0.29, 0.717) is 5.92 Å². The SMILES string of the molecule is FCCO/N=C(\c1n[nH]c2c1C=CC(c1ccccc1)(c1ccccc1)C2)C1CC1. The Kier molecular flexibility index (Phi) is 4.95. The van der Waals surface area contributed by atoms with Gasteiger partial charge < -0.3 is 4.84 Å². The van der Waals surface area contributed by atoms with Gasteiger partial charge in [-0.1, -0.05) is 78.0 Å². The van der Waals surface area contributed by atoms with Gasteiger partial charge in [0.15, 0.2) is 0 Å². The molecule has 30 heavy (non-hydrogen) atoms. The minimum Gasteiger partial charge on any atom is -0.393 e. The lowest BCUT2D eigenvalue weighted by atomic mass is 9.68. The van der Waals surface area contributed by atoms with Gasteiger partial charge in [0, 0.05) is 29.0 Å². The van der Waals surface area contributed by atoms with Crippen LogP contribution in [0.25, 0.3) is 6.08 Å². The number of oxime groups is 1. The normalized spacial score (nSPS) is 17.6. The molecule has 0 unspecified atom stereocenters. The average molecular weight is 401 g/mol. The Morgan fingerprint density at radius 2 is 1.73 bits per heavy atom. The summed E-state index contributed by atoms with van der Waals surface area (Å²) in [6.45, 7) is -0.569. The second-order valence-corrected chi connectivity index (χ2v) is 7.95. The third-order valence-corrected chi connectivity index (χ3v) is 5.99. The smallest absolute Gasteiger partial charge is 0.145 e. The highest BCUT2D eigenvalue weighted by Crippen LogP contribution is 2.43. The molecule has 5 rings (SSSR count). The lowest BCUT2D eigenvalue weighted by Crippen LogP contribution is -2.30. The van der Waals surface area contributed by atoms with Gasteiger partial charge in [0.05, 0.1) is 0 Å². The molecule has 0 radical (unpaired) electrons. The monoisotopic (exact) mass is 401 g/mol. The molecule has 0 saturated heterocycles. The molecule has 5 heteroatoms. The van der Waals surface area contributed by atoms with E-state index in [-0.39, 0.29) is 12.0 Å². The zero-order chi connectivity index (χ0) is 20.4. The van der Waals surface area contributed by atoms with E-state index < -0.39 is 6.67 Å². The van der Waals surface area contributed by atoms with Crippen LogP contribution >= 0.6 is 0 Å². The molecule has 0 amide bonds. The third kappa shape index (κ3) is 3.34. The fourth-order valence-electron chi connectivity index (χ4n) is 4.31. The summed E-state index contributed by atoms with van der Waals surface area (Å²) in [5, 5.41) is 12.1. The van der Waals surface area contributed by atoms with Crippen LogP contribution in [0.1, 0.15) is 40.9 Å². The van der Waals surface area contributed by atoms with E-state index in [1.54, 1.807) is 0 Å². The summed E-state index contributed by atoms with van der Waals surface area (Å²) in [6.07, 6.45) is 7.36. The van der Waals surface area contributed by atoms with Crippen LogP contribution in [0.3, 0.4) is 0 Å². The number of nitrogens with zero attached hydrogens (tertiary/aromatic N) is 2. The van der Waals surface area contributed by atoms with Crippen molar-refractivity contribution in [3.8, 4) is 0 Å². The second-order valence-electron chi connectivity index (χ2n) is 7.95. The van der Waals surface area contributed by atoms with Crippen molar-refractivity contribution in [3.05, 3.63) is 94.8 Å². The van der Waals surface area contributed by atoms with E-state index >= 15 is 0 Å². The fourth-order valence-corrected chi connectivity index (χ4v) is 4.31. The topological polar surface area (TPSA) is 50.3 Å². The van der Waals surface area contributed by atoms with E-state index in [1.165, 1.54) is 11.1 Å². The van der Waals surface area contributed by atoms with Crippen LogP contribution in [-0.2, 0) is 16.7 Å². The van der Waals surface area contributed by atoms with Gasteiger partial charge in [0.1, 0.15) is 24.7 Å². The van der Waals surface area contributed by atoms with Crippen LogP contribution in [0.2, 0.25) is 0 Å². The maximum atomic E-state index is 12.5. The maximum absolute atomic E-state index is 12.5. The molecule has 0 spiro atoms. The number of alkyl halides is 1. The summed E-state index contributed by atoms with van der Waals surface area (Å²) in [7, 11) is 0. The summed E-state index contributed by atoms with van der Waals surface area (Å²) >= 11 is 0. The maximum Gasteiger partial charge on any atom is 0.145 e. The summed E-state index contributed by atoms with van der Waals surface area (Å²) in [6, 6.07) is 21.2. The molecule has 2 aromatic carbocycles. The van der Waals surface area contributed by atoms with Crippen LogP contribution in [0.4, 0.5) is 4.39 Å². The van der Waals surface area contributed by atoms with Gasteiger partial charge in [-0.2, -0.15) is 5.10 Å². The Labute approximate surface area is 175 Å². The number of aromatic amines is 1. The molecule has 152 valence electrons. The molecule has 1 N–H and O–H groups in total. The van der Waals surface area contributed by atoms with E-state index in [9.17, 15) is 4.39 Å². The van der Waals surface area contributed by atoms with Crippen LogP contribution in [0, 0.1) is 5.92 Å². The predicted octanol–water partition coefficient (Wildman–Crippen LogP) is 5.07. The zero-order valence-electron chi connectivity index (χ0n) is 16.7. The first kappa shape index (κ1) is 18.8. The van der Waals surface area contributed by atoms with Crippen molar-refractivity contribution in [1.82, 2.24) is 10.2 Å². The molecular weight excluding hydrogens is 377 g/mol. The number of hydrogen-bond acceptors (Lipinski definition) is 3. The van der Waals surface area contributed by atoms with Gasteiger partial charge in [0.25, 0.3) is 0 Å². The van der Waals surface area contributed by atoms with E-state index in [0.717, 1.165) is 41.9 Å². The average Bonchev–Trinajstić information content (AvgIpc) is 3.57. The Morgan fingerprint density at radius 1 is 1.07 bits per heavy atom. The van der Waals surface area contributed by atoms with Gasteiger partial charge in [-0.05, 0) is 24.0 Å². The van der Waals surface area contributed by atoms with Crippen LogP contribution < -0.4 is 0 Å². The number of allylic oxidation sites excluding steroid dienone is 1. The second kappa shape index (κ2) is 7.90. The quantitative estimate of drug-likeness (QED) is 0.342. The number of aromatic nitrogens is 2. The standard InChI is InChI=1S/C25H24FN3O/c26-15-16-30-29-23(18-11-12-18)24-21-13-14-25(17-22(21)27-28-24,19-7-3-1-4-8-19)20-9-5-2-6-10-20/h1-10,13-14,18H,11-12,15-17H2,(H,27,28)/b29-23-. The van der Waals surface area contributed by atoms with Crippen LogP contribution in [0.5, 0.6) is 0 Å². The predicted molar refractivity (Wildman–Crippen MR) is 116 cm³/mol. The van der Waals surface area contributed by atoms with Crippen molar-refractivity contribution >= 4 is 11.8 Å². The Bertz CT molecular complexity index is 1030. The molecule has 0 atom stereocenters. The molecular formula is C25H24FN3O. The first-order valence-corrected chi connectivity index (χ1v) is 10.5. The minimum atomic E-state index is -0.545. The molecule has 1 aromatic heterocycles. The molecule has 1 fully saturated rings. The molecule has 1 saturated carbocycles. The van der Waals surface area contributed by atoms with Crippen molar-refractivity contribution in [2.24, 2.45) is 11.1 Å². The summed E-state index contributed by atoms with van der Waals surface area (Å²) < 4.78 is 12.5. The number of rotatable bonds is 7. The highest BCUT2D eigenvalue weighted by atomic mass is 19.1. The Balaban J connectivity index is 1.56.